The third-order valence-electron chi connectivity index (χ3n) is 4.34. The van der Waals surface area contributed by atoms with E-state index < -0.39 is 33.8 Å². The van der Waals surface area contributed by atoms with E-state index in [0.717, 1.165) is 11.3 Å². The molecular weight excluding hydrogens is 447 g/mol. The molecule has 1 heterocycles. The summed E-state index contributed by atoms with van der Waals surface area (Å²) in [5.74, 6) is -1.88. The Bertz CT molecular complexity index is 1240. The number of ether oxygens (including phenoxy) is 2. The topological polar surface area (TPSA) is 125 Å². The number of rotatable bonds is 7. The maximum atomic E-state index is 14.3. The van der Waals surface area contributed by atoms with Crippen molar-refractivity contribution in [2.24, 2.45) is 5.14 Å². The summed E-state index contributed by atoms with van der Waals surface area (Å²) in [6.45, 7) is 1.39. The molecule has 0 radical (unpaired) electrons. The molecule has 0 aliphatic carbocycles. The molecule has 0 saturated carbocycles. The fraction of sp³-hybridized carbons (Fsp3) is 0.200. The summed E-state index contributed by atoms with van der Waals surface area (Å²) in [6.07, 6.45) is -1.17. The number of benzene rings is 2. The number of primary sulfonamides is 1. The van der Waals surface area contributed by atoms with Crippen molar-refractivity contribution in [2.75, 3.05) is 12.4 Å². The summed E-state index contributed by atoms with van der Waals surface area (Å²) >= 11 is 1.05. The first-order chi connectivity index (χ1) is 14.6. The van der Waals surface area contributed by atoms with Gasteiger partial charge in [-0.15, -0.1) is 11.3 Å². The molecule has 0 spiro atoms. The summed E-state index contributed by atoms with van der Waals surface area (Å²) in [5, 5.41) is 7.84. The van der Waals surface area contributed by atoms with Crippen molar-refractivity contribution in [3.8, 4) is 0 Å². The van der Waals surface area contributed by atoms with Crippen LogP contribution in [0.25, 0.3) is 10.1 Å². The van der Waals surface area contributed by atoms with Crippen molar-refractivity contribution in [3.05, 3.63) is 58.7 Å². The van der Waals surface area contributed by atoms with Crippen molar-refractivity contribution in [3.63, 3.8) is 0 Å². The van der Waals surface area contributed by atoms with E-state index in [1.165, 1.54) is 50.4 Å². The van der Waals surface area contributed by atoms with Crippen molar-refractivity contribution in [1.82, 2.24) is 0 Å². The molecule has 1 amide bonds. The van der Waals surface area contributed by atoms with E-state index in [9.17, 15) is 22.4 Å². The number of fused-ring (bicyclic) bond motifs is 1. The van der Waals surface area contributed by atoms with Crippen LogP contribution in [0.1, 0.15) is 22.2 Å². The number of nitrogens with two attached hydrogens (primary N) is 1. The number of sulfonamides is 1. The van der Waals surface area contributed by atoms with Gasteiger partial charge in [0, 0.05) is 28.4 Å². The molecule has 11 heteroatoms. The Morgan fingerprint density at radius 3 is 2.48 bits per heavy atom. The molecule has 1 unspecified atom stereocenters. The lowest BCUT2D eigenvalue weighted by Crippen LogP contribution is -2.30. The van der Waals surface area contributed by atoms with Crippen LogP contribution in [0, 0.1) is 5.82 Å². The summed E-state index contributed by atoms with van der Waals surface area (Å²) < 4.78 is 47.8. The third-order valence-corrected chi connectivity index (χ3v) is 6.45. The molecule has 3 rings (SSSR count). The van der Waals surface area contributed by atoms with Gasteiger partial charge < -0.3 is 14.8 Å². The number of anilines is 1. The maximum Gasteiger partial charge on any atom is 0.349 e. The molecule has 1 atom stereocenters. The fourth-order valence-corrected chi connectivity index (χ4v) is 4.47. The Kier molecular flexibility index (Phi) is 6.70. The lowest BCUT2D eigenvalue weighted by molar-refractivity contribution is -0.123. The minimum atomic E-state index is -3.85. The lowest BCUT2D eigenvalue weighted by atomic mass is 10.1. The van der Waals surface area contributed by atoms with Crippen molar-refractivity contribution in [1.29, 1.82) is 0 Å². The van der Waals surface area contributed by atoms with Gasteiger partial charge in [-0.25, -0.2) is 22.7 Å². The van der Waals surface area contributed by atoms with Gasteiger partial charge in [0.25, 0.3) is 5.91 Å². The van der Waals surface area contributed by atoms with Gasteiger partial charge in [-0.2, -0.15) is 0 Å². The van der Waals surface area contributed by atoms with Crippen LogP contribution in [-0.2, 0) is 30.9 Å². The summed E-state index contributed by atoms with van der Waals surface area (Å²) in [6, 6.07) is 9.71. The van der Waals surface area contributed by atoms with Crippen LogP contribution < -0.4 is 10.5 Å². The monoisotopic (exact) mass is 466 g/mol. The Morgan fingerprint density at radius 2 is 1.87 bits per heavy atom. The second-order valence-corrected chi connectivity index (χ2v) is 9.18. The Balaban J connectivity index is 1.75. The second kappa shape index (κ2) is 9.10. The van der Waals surface area contributed by atoms with E-state index in [0.29, 0.717) is 16.0 Å². The molecule has 8 nitrogen and oxygen atoms in total. The molecule has 1 aromatic heterocycles. The molecule has 0 bridgehead atoms. The zero-order valence-corrected chi connectivity index (χ0v) is 18.2. The van der Waals surface area contributed by atoms with E-state index in [1.807, 2.05) is 0 Å². The van der Waals surface area contributed by atoms with Crippen LogP contribution in [0.2, 0.25) is 0 Å². The van der Waals surface area contributed by atoms with Gasteiger partial charge in [-0.1, -0.05) is 6.07 Å². The second-order valence-electron chi connectivity index (χ2n) is 6.56. The first kappa shape index (κ1) is 22.8. The third kappa shape index (κ3) is 5.07. The first-order valence-corrected chi connectivity index (χ1v) is 11.3. The Labute approximate surface area is 181 Å². The smallest absolute Gasteiger partial charge is 0.349 e. The fourth-order valence-electron chi connectivity index (χ4n) is 2.85. The molecule has 3 N–H and O–H groups in total. The zero-order valence-electron chi connectivity index (χ0n) is 16.5. The van der Waals surface area contributed by atoms with E-state index in [1.54, 1.807) is 6.07 Å². The van der Waals surface area contributed by atoms with Gasteiger partial charge in [0.15, 0.2) is 6.10 Å². The van der Waals surface area contributed by atoms with E-state index in [2.05, 4.69) is 5.32 Å². The lowest BCUT2D eigenvalue weighted by Gasteiger charge is -2.14. The van der Waals surface area contributed by atoms with Crippen molar-refractivity contribution in [2.45, 2.75) is 24.5 Å². The quantitative estimate of drug-likeness (QED) is 0.516. The molecule has 3 aromatic rings. The van der Waals surface area contributed by atoms with E-state index >= 15 is 0 Å². The van der Waals surface area contributed by atoms with Crippen LogP contribution >= 0.6 is 11.3 Å². The molecule has 0 aliphatic rings. The van der Waals surface area contributed by atoms with Gasteiger partial charge in [0.1, 0.15) is 10.7 Å². The number of thiophene rings is 1. The molecule has 0 fully saturated rings. The largest absolute Gasteiger partial charge is 0.448 e. The average molecular weight is 467 g/mol. The average Bonchev–Trinajstić information content (AvgIpc) is 3.08. The highest BCUT2D eigenvalue weighted by molar-refractivity contribution is 7.89. The Hall–Kier alpha value is -2.86. The SMILES string of the molecule is COCc1c(C(=O)OC(C)C(=O)Nc2ccc(S(N)(=O)=O)cc2)sc2cccc(F)c12. The van der Waals surface area contributed by atoms with Gasteiger partial charge in [0.05, 0.1) is 11.5 Å². The number of nitrogens with one attached hydrogen (secondary N) is 1. The minimum Gasteiger partial charge on any atom is -0.448 e. The molecule has 0 saturated heterocycles. The number of carbonyl (C=O) groups is 2. The predicted molar refractivity (Wildman–Crippen MR) is 114 cm³/mol. The normalized spacial score (nSPS) is 12.5. The number of halogens is 1. The Morgan fingerprint density at radius 1 is 1.19 bits per heavy atom. The summed E-state index contributed by atoms with van der Waals surface area (Å²) in [4.78, 5) is 25.1. The van der Waals surface area contributed by atoms with E-state index in [4.69, 9.17) is 14.6 Å². The number of hydrogen-bond acceptors (Lipinski definition) is 7. The standard InChI is InChI=1S/C20H19FN2O6S2/c1-11(19(24)23-12-6-8-13(9-7-12)31(22,26)27)29-20(25)18-14(10-28-2)17-15(21)4-3-5-16(17)30-18/h3-9,11H,10H2,1-2H3,(H,23,24)(H2,22,26,27). The van der Waals surface area contributed by atoms with Crippen LogP contribution in [0.5, 0.6) is 0 Å². The number of carbonyl (C=O) groups excluding carboxylic acids is 2. The summed E-state index contributed by atoms with van der Waals surface area (Å²) in [7, 11) is -2.42. The van der Waals surface area contributed by atoms with Crippen molar-refractivity contribution < 1.29 is 31.9 Å². The van der Waals surface area contributed by atoms with Gasteiger partial charge in [0.2, 0.25) is 10.0 Å². The number of methoxy groups -OCH3 is 1. The highest BCUT2D eigenvalue weighted by Gasteiger charge is 2.25. The predicted octanol–water partition coefficient (Wildman–Crippen LogP) is 3.02. The van der Waals surface area contributed by atoms with Gasteiger partial charge in [-0.05, 0) is 43.3 Å². The highest BCUT2D eigenvalue weighted by Crippen LogP contribution is 2.34. The van der Waals surface area contributed by atoms with Crippen LogP contribution in [-0.4, -0.2) is 33.5 Å². The molecule has 164 valence electrons. The number of hydrogen-bond donors (Lipinski definition) is 2. The minimum absolute atomic E-state index is 0.00232. The van der Waals surface area contributed by atoms with Crippen LogP contribution in [0.3, 0.4) is 0 Å². The molecule has 0 aliphatic heterocycles. The van der Waals surface area contributed by atoms with Crippen LogP contribution in [0.15, 0.2) is 47.4 Å². The van der Waals surface area contributed by atoms with Crippen molar-refractivity contribution >= 4 is 49.0 Å². The molecule has 2 aromatic carbocycles. The maximum absolute atomic E-state index is 14.3. The van der Waals surface area contributed by atoms with Crippen LogP contribution in [0.4, 0.5) is 10.1 Å². The first-order valence-electron chi connectivity index (χ1n) is 8.95. The van der Waals surface area contributed by atoms with E-state index in [-0.39, 0.29) is 21.8 Å². The van der Waals surface area contributed by atoms with Gasteiger partial charge >= 0.3 is 5.97 Å². The van der Waals surface area contributed by atoms with Gasteiger partial charge in [-0.3, -0.25) is 4.79 Å². The highest BCUT2D eigenvalue weighted by atomic mass is 32.2. The molecular formula is C20H19FN2O6S2. The summed E-state index contributed by atoms with van der Waals surface area (Å²) in [5.41, 5.74) is 0.654. The number of esters is 1. The zero-order chi connectivity index (χ0) is 22.8. The number of amides is 1. The molecule has 31 heavy (non-hydrogen) atoms.